The lowest BCUT2D eigenvalue weighted by molar-refractivity contribution is 0.322. The Labute approximate surface area is 110 Å². The number of nitrogens with zero attached hydrogens (tertiary/aromatic N) is 2. The zero-order valence-corrected chi connectivity index (χ0v) is 13.3. The van der Waals surface area contributed by atoms with Gasteiger partial charge < -0.3 is 9.80 Å². The molecular weight excluding hydrogens is 208 g/mol. The van der Waals surface area contributed by atoms with E-state index >= 15 is 0 Å². The fourth-order valence-corrected chi connectivity index (χ4v) is 1.44. The highest BCUT2D eigenvalue weighted by molar-refractivity contribution is 4.49. The lowest BCUT2D eigenvalue weighted by Crippen LogP contribution is -2.20. The molecule has 0 aliphatic carbocycles. The van der Waals surface area contributed by atoms with Crippen molar-refractivity contribution in [1.29, 1.82) is 0 Å². The van der Waals surface area contributed by atoms with Crippen molar-refractivity contribution in [3.63, 3.8) is 0 Å². The van der Waals surface area contributed by atoms with E-state index in [9.17, 15) is 0 Å². The molecule has 0 radical (unpaired) electrons. The third-order valence-corrected chi connectivity index (χ3v) is 2.75. The topological polar surface area (TPSA) is 6.48 Å². The van der Waals surface area contributed by atoms with E-state index in [0.717, 1.165) is 0 Å². The summed E-state index contributed by atoms with van der Waals surface area (Å²) in [6, 6.07) is 0. The maximum absolute atomic E-state index is 2.42. The second-order valence-corrected chi connectivity index (χ2v) is 5.17. The van der Waals surface area contributed by atoms with Crippen molar-refractivity contribution < 1.29 is 0 Å². The van der Waals surface area contributed by atoms with Gasteiger partial charge >= 0.3 is 0 Å². The maximum Gasteiger partial charge on any atom is -0.00219 e. The number of rotatable bonds is 9. The third kappa shape index (κ3) is 21.7. The van der Waals surface area contributed by atoms with E-state index in [1.807, 2.05) is 0 Å². The molecule has 0 fully saturated rings. The van der Waals surface area contributed by atoms with Crippen LogP contribution in [0.3, 0.4) is 0 Å². The van der Waals surface area contributed by atoms with Crippen LogP contribution in [0, 0.1) is 0 Å². The zero-order chi connectivity index (χ0) is 13.5. The largest absolute Gasteiger partial charge is 0.309 e. The average Bonchev–Trinajstić information content (AvgIpc) is 2.31. The van der Waals surface area contributed by atoms with E-state index in [2.05, 4.69) is 51.7 Å². The minimum atomic E-state index is 1.23. The highest BCUT2D eigenvalue weighted by Gasteiger charge is 1.94. The molecule has 106 valence electrons. The molecule has 0 atom stereocenters. The van der Waals surface area contributed by atoms with Gasteiger partial charge in [-0.25, -0.2) is 0 Å². The van der Waals surface area contributed by atoms with Gasteiger partial charge in [-0.05, 0) is 60.0 Å². The van der Waals surface area contributed by atoms with Gasteiger partial charge in [0, 0.05) is 0 Å². The summed E-state index contributed by atoms with van der Waals surface area (Å²) >= 11 is 0. The van der Waals surface area contributed by atoms with Crippen LogP contribution in [0.15, 0.2) is 0 Å². The molecule has 0 saturated heterocycles. The predicted octanol–water partition coefficient (Wildman–Crippen LogP) is 3.87. The number of hydrogen-bond donors (Lipinski definition) is 0. The van der Waals surface area contributed by atoms with Crippen LogP contribution < -0.4 is 0 Å². The molecule has 0 rings (SSSR count). The molecule has 0 bridgehead atoms. The van der Waals surface area contributed by atoms with E-state index in [-0.39, 0.29) is 0 Å². The summed E-state index contributed by atoms with van der Waals surface area (Å²) in [4.78, 5) is 4.64. The summed E-state index contributed by atoms with van der Waals surface area (Å²) in [5.74, 6) is 0. The Morgan fingerprint density at radius 1 is 0.588 bits per heavy atom. The monoisotopic (exact) mass is 244 g/mol. The van der Waals surface area contributed by atoms with Gasteiger partial charge in [0.05, 0.1) is 0 Å². The van der Waals surface area contributed by atoms with Crippen LogP contribution >= 0.6 is 0 Å². The van der Waals surface area contributed by atoms with Crippen LogP contribution in [0.25, 0.3) is 0 Å². The highest BCUT2D eigenvalue weighted by atomic mass is 15.1. The number of unbranched alkanes of at least 4 members (excludes halogenated alkanes) is 3. The first-order valence-electron chi connectivity index (χ1n) is 7.41. The molecule has 2 nitrogen and oxygen atoms in total. The Morgan fingerprint density at radius 3 is 1.18 bits per heavy atom. The van der Waals surface area contributed by atoms with Gasteiger partial charge in [0.1, 0.15) is 0 Å². The maximum atomic E-state index is 2.42. The van der Waals surface area contributed by atoms with Crippen LogP contribution in [-0.2, 0) is 0 Å². The predicted molar refractivity (Wildman–Crippen MR) is 80.8 cm³/mol. The molecule has 2 heteroatoms. The Balaban J connectivity index is 0. The summed E-state index contributed by atoms with van der Waals surface area (Å²) in [6.45, 7) is 10.5. The van der Waals surface area contributed by atoms with Crippen LogP contribution in [0.5, 0.6) is 0 Å². The molecule has 0 aliphatic rings. The summed E-state index contributed by atoms with van der Waals surface area (Å²) in [6.07, 6.45) is 7.96. The van der Waals surface area contributed by atoms with Crippen molar-refractivity contribution in [2.75, 3.05) is 40.8 Å². The van der Waals surface area contributed by atoms with Gasteiger partial charge in [-0.15, -0.1) is 0 Å². The van der Waals surface area contributed by atoms with E-state index in [4.69, 9.17) is 0 Å². The average molecular weight is 244 g/mol. The Bertz CT molecular complexity index is 116. The molecule has 0 unspecified atom stereocenters. The molecule has 0 aliphatic heterocycles. The molecular formula is C15H36N2. The first-order chi connectivity index (χ1) is 8.08. The zero-order valence-electron chi connectivity index (χ0n) is 13.3. The van der Waals surface area contributed by atoms with Crippen LogP contribution in [0.1, 0.15) is 59.3 Å². The molecule has 0 aromatic heterocycles. The normalized spacial score (nSPS) is 10.6. The van der Waals surface area contributed by atoms with Gasteiger partial charge in [-0.2, -0.15) is 0 Å². The van der Waals surface area contributed by atoms with Gasteiger partial charge in [0.2, 0.25) is 0 Å². The van der Waals surface area contributed by atoms with Crippen LogP contribution in [-0.4, -0.2) is 50.6 Å². The third-order valence-electron chi connectivity index (χ3n) is 2.75. The molecule has 17 heavy (non-hydrogen) atoms. The van der Waals surface area contributed by atoms with Crippen molar-refractivity contribution in [3.8, 4) is 0 Å². The molecule has 0 heterocycles. The van der Waals surface area contributed by atoms with Gasteiger partial charge in [-0.1, -0.05) is 40.0 Å². The summed E-state index contributed by atoms with van der Waals surface area (Å²) in [5.41, 5.74) is 0. The second-order valence-electron chi connectivity index (χ2n) is 5.17. The highest BCUT2D eigenvalue weighted by Crippen LogP contribution is 1.94. The van der Waals surface area contributed by atoms with Crippen molar-refractivity contribution in [3.05, 3.63) is 0 Å². The smallest absolute Gasteiger partial charge is 0.00219 e. The molecule has 0 aromatic rings. The lowest BCUT2D eigenvalue weighted by atomic mass is 10.3. The molecule has 0 spiro atoms. The molecule has 0 saturated carbocycles. The van der Waals surface area contributed by atoms with Crippen LogP contribution in [0.4, 0.5) is 0 Å². The number of hydrogen-bond acceptors (Lipinski definition) is 2. The van der Waals surface area contributed by atoms with E-state index in [0.29, 0.717) is 0 Å². The molecule has 0 N–H and O–H groups in total. The quantitative estimate of drug-likeness (QED) is 0.607. The van der Waals surface area contributed by atoms with E-state index in [1.165, 1.54) is 58.2 Å². The van der Waals surface area contributed by atoms with Gasteiger partial charge in [-0.3, -0.25) is 0 Å². The minimum absolute atomic E-state index is 1.23. The van der Waals surface area contributed by atoms with E-state index in [1.54, 1.807) is 0 Å². The minimum Gasteiger partial charge on any atom is -0.309 e. The van der Waals surface area contributed by atoms with E-state index < -0.39 is 0 Å². The van der Waals surface area contributed by atoms with Crippen molar-refractivity contribution >= 4 is 0 Å². The Kier molecular flexibility index (Phi) is 18.0. The lowest BCUT2D eigenvalue weighted by Gasteiger charge is -2.14. The molecule has 0 amide bonds. The summed E-state index contributed by atoms with van der Waals surface area (Å²) in [7, 11) is 6.43. The summed E-state index contributed by atoms with van der Waals surface area (Å²) < 4.78 is 0. The first-order valence-corrected chi connectivity index (χ1v) is 7.41. The Morgan fingerprint density at radius 2 is 0.941 bits per heavy atom. The fraction of sp³-hybridized carbons (Fsp3) is 1.00. The van der Waals surface area contributed by atoms with Crippen molar-refractivity contribution in [1.82, 2.24) is 9.80 Å². The van der Waals surface area contributed by atoms with Gasteiger partial charge in [0.15, 0.2) is 0 Å². The standard InChI is InChI=1S/C9H21N.C6H15N/c1-4-6-8-10(3)9-7-5-2;1-4-5-6-7(2)3/h4-9H2,1-3H3;4-6H2,1-3H3. The second kappa shape index (κ2) is 15.9. The van der Waals surface area contributed by atoms with Crippen LogP contribution in [0.2, 0.25) is 0 Å². The Hall–Kier alpha value is -0.0800. The van der Waals surface area contributed by atoms with Crippen molar-refractivity contribution in [2.24, 2.45) is 0 Å². The van der Waals surface area contributed by atoms with Gasteiger partial charge in [0.25, 0.3) is 0 Å². The van der Waals surface area contributed by atoms with Crippen molar-refractivity contribution in [2.45, 2.75) is 59.3 Å². The summed E-state index contributed by atoms with van der Waals surface area (Å²) in [5, 5.41) is 0. The fourth-order valence-electron chi connectivity index (χ4n) is 1.44. The first kappa shape index (κ1) is 19.3. The molecule has 0 aromatic carbocycles. The SMILES string of the molecule is CCCCN(C)C.CCCCN(C)CCCC.